The smallest absolute Gasteiger partial charge is 0.405 e. The van der Waals surface area contributed by atoms with Crippen LogP contribution in [0.3, 0.4) is 0 Å². The molecule has 1 rings (SSSR count). The summed E-state index contributed by atoms with van der Waals surface area (Å²) in [5.74, 6) is -0.398. The van der Waals surface area contributed by atoms with Crippen LogP contribution in [-0.4, -0.2) is 22.8 Å². The Morgan fingerprint density at radius 2 is 1.79 bits per heavy atom. The van der Waals surface area contributed by atoms with Crippen LogP contribution in [0.1, 0.15) is 66.6 Å². The van der Waals surface area contributed by atoms with E-state index in [1.165, 1.54) is 12.1 Å². The van der Waals surface area contributed by atoms with Crippen LogP contribution in [0.4, 0.5) is 15.3 Å². The van der Waals surface area contributed by atoms with Gasteiger partial charge in [0, 0.05) is 16.8 Å². The average Bonchev–Trinajstić information content (AvgIpc) is 2.44. The van der Waals surface area contributed by atoms with E-state index < -0.39 is 23.8 Å². The fourth-order valence-corrected chi connectivity index (χ4v) is 3.66. The number of benzene rings is 1. The maximum Gasteiger partial charge on any atom is 0.405 e. The lowest BCUT2D eigenvalue weighted by atomic mass is 9.82. The number of phenolic OH excluding ortho intramolecular Hbond substituents is 1. The number of amides is 3. The number of urea groups is 1. The number of nitrogens with one attached hydrogen (secondary N) is 2. The van der Waals surface area contributed by atoms with Crippen molar-refractivity contribution in [2.75, 3.05) is 5.32 Å². The molecule has 7 nitrogen and oxygen atoms in total. The summed E-state index contributed by atoms with van der Waals surface area (Å²) in [5.41, 5.74) is 5.39. The Hall–Kier alpha value is -2.15. The Balaban J connectivity index is 3.08. The number of rotatable bonds is 6. The molecule has 1 aromatic rings. The summed E-state index contributed by atoms with van der Waals surface area (Å²) < 4.78 is 5.12. The van der Waals surface area contributed by atoms with E-state index >= 15 is 0 Å². The third-order valence-electron chi connectivity index (χ3n) is 3.93. The summed E-state index contributed by atoms with van der Waals surface area (Å²) in [6, 6.07) is 2.54. The maximum atomic E-state index is 12.5. The maximum absolute atomic E-state index is 12.5. The monoisotopic (exact) mass is 413 g/mol. The van der Waals surface area contributed by atoms with Gasteiger partial charge in [-0.25, -0.2) is 9.59 Å². The number of ether oxygens (including phenoxy) is 1. The SMILES string of the molecule is CC(C)C(OC(N)=O)c1cc(NC(=O)NC(C)(C)CC(C)(C)C)cc(Cl)c1O. The summed E-state index contributed by atoms with van der Waals surface area (Å²) in [6.07, 6.45) is -0.997. The van der Waals surface area contributed by atoms with Crippen molar-refractivity contribution in [3.05, 3.63) is 22.7 Å². The summed E-state index contributed by atoms with van der Waals surface area (Å²) in [7, 11) is 0. The molecule has 0 aliphatic heterocycles. The molecule has 0 saturated heterocycles. The van der Waals surface area contributed by atoms with Crippen LogP contribution in [0.5, 0.6) is 5.75 Å². The zero-order chi connectivity index (χ0) is 21.9. The van der Waals surface area contributed by atoms with Gasteiger partial charge in [0.25, 0.3) is 0 Å². The number of carbonyl (C=O) groups excluding carboxylic acids is 2. The van der Waals surface area contributed by atoms with E-state index in [0.717, 1.165) is 6.42 Å². The van der Waals surface area contributed by atoms with Crippen molar-refractivity contribution in [1.82, 2.24) is 5.32 Å². The van der Waals surface area contributed by atoms with E-state index in [1.54, 1.807) is 0 Å². The van der Waals surface area contributed by atoms with Crippen molar-refractivity contribution in [3.63, 3.8) is 0 Å². The quantitative estimate of drug-likeness (QED) is 0.481. The molecular formula is C20H32ClN3O4. The molecule has 0 aliphatic rings. The van der Waals surface area contributed by atoms with E-state index in [4.69, 9.17) is 22.1 Å². The van der Waals surface area contributed by atoms with Gasteiger partial charge < -0.3 is 26.2 Å². The largest absolute Gasteiger partial charge is 0.506 e. The van der Waals surface area contributed by atoms with E-state index in [1.807, 2.05) is 27.7 Å². The van der Waals surface area contributed by atoms with Gasteiger partial charge in [0.2, 0.25) is 0 Å². The first-order valence-electron chi connectivity index (χ1n) is 9.19. The second kappa shape index (κ2) is 8.90. The number of carbonyl (C=O) groups is 2. The molecule has 158 valence electrons. The average molecular weight is 414 g/mol. The minimum absolute atomic E-state index is 0.0282. The molecule has 0 spiro atoms. The third-order valence-corrected chi connectivity index (χ3v) is 4.22. The lowest BCUT2D eigenvalue weighted by molar-refractivity contribution is 0.0769. The first kappa shape index (κ1) is 23.9. The molecule has 0 saturated carbocycles. The summed E-state index contributed by atoms with van der Waals surface area (Å²) in [4.78, 5) is 23.7. The number of phenols is 1. The lowest BCUT2D eigenvalue weighted by Crippen LogP contribution is -2.47. The molecule has 28 heavy (non-hydrogen) atoms. The van der Waals surface area contributed by atoms with Crippen molar-refractivity contribution in [2.45, 2.75) is 66.5 Å². The van der Waals surface area contributed by atoms with E-state index in [9.17, 15) is 14.7 Å². The molecule has 5 N–H and O–H groups in total. The van der Waals surface area contributed by atoms with Gasteiger partial charge in [-0.1, -0.05) is 46.2 Å². The minimum Gasteiger partial charge on any atom is -0.506 e. The predicted molar refractivity (Wildman–Crippen MR) is 112 cm³/mol. The van der Waals surface area contributed by atoms with Crippen LogP contribution in [0.15, 0.2) is 12.1 Å². The summed E-state index contributed by atoms with van der Waals surface area (Å²) >= 11 is 6.11. The standard InChI is InChI=1S/C20H32ClN3O4/c1-11(2)16(28-17(22)26)13-8-12(9-14(21)15(13)25)23-18(27)24-20(6,7)10-19(3,4)5/h8-9,11,16,25H,10H2,1-7H3,(H2,22,26)(H2,23,24,27). The Morgan fingerprint density at radius 1 is 1.21 bits per heavy atom. The zero-order valence-corrected chi connectivity index (χ0v) is 18.4. The van der Waals surface area contributed by atoms with Gasteiger partial charge in [0.1, 0.15) is 11.9 Å². The van der Waals surface area contributed by atoms with Gasteiger partial charge in [-0.15, -0.1) is 0 Å². The van der Waals surface area contributed by atoms with Gasteiger partial charge in [0.15, 0.2) is 0 Å². The molecule has 0 fully saturated rings. The fourth-order valence-electron chi connectivity index (χ4n) is 3.43. The lowest BCUT2D eigenvalue weighted by Gasteiger charge is -2.33. The number of nitrogens with two attached hydrogens (primary N) is 1. The Kier molecular flexibility index (Phi) is 7.59. The molecule has 0 heterocycles. The third kappa shape index (κ3) is 7.46. The molecule has 0 bridgehead atoms. The fraction of sp³-hybridized carbons (Fsp3) is 0.600. The normalized spacial score (nSPS) is 13.2. The Morgan fingerprint density at radius 3 is 2.25 bits per heavy atom. The van der Waals surface area contributed by atoms with Crippen LogP contribution in [0, 0.1) is 11.3 Å². The highest BCUT2D eigenvalue weighted by Crippen LogP contribution is 2.39. The van der Waals surface area contributed by atoms with Gasteiger partial charge in [-0.05, 0) is 43.7 Å². The van der Waals surface area contributed by atoms with Crippen LogP contribution >= 0.6 is 11.6 Å². The molecule has 0 aliphatic carbocycles. The molecular weight excluding hydrogens is 382 g/mol. The summed E-state index contributed by atoms with van der Waals surface area (Å²) in [6.45, 7) is 13.8. The Bertz CT molecular complexity index is 727. The van der Waals surface area contributed by atoms with E-state index in [2.05, 4.69) is 31.4 Å². The first-order chi connectivity index (χ1) is 12.6. The highest BCUT2D eigenvalue weighted by molar-refractivity contribution is 6.32. The second-order valence-electron chi connectivity index (χ2n) is 9.20. The van der Waals surface area contributed by atoms with Crippen LogP contribution < -0.4 is 16.4 Å². The highest BCUT2D eigenvalue weighted by Gasteiger charge is 2.28. The van der Waals surface area contributed by atoms with Crippen molar-refractivity contribution < 1.29 is 19.4 Å². The second-order valence-corrected chi connectivity index (χ2v) is 9.61. The van der Waals surface area contributed by atoms with Crippen molar-refractivity contribution in [3.8, 4) is 5.75 Å². The molecule has 1 atom stereocenters. The van der Waals surface area contributed by atoms with Crippen LogP contribution in [0.25, 0.3) is 0 Å². The number of aromatic hydroxyl groups is 1. The first-order valence-corrected chi connectivity index (χ1v) is 9.57. The van der Waals surface area contributed by atoms with Gasteiger partial charge >= 0.3 is 12.1 Å². The predicted octanol–water partition coefficient (Wildman–Crippen LogP) is 5.17. The van der Waals surface area contributed by atoms with Crippen molar-refractivity contribution in [1.29, 1.82) is 0 Å². The molecule has 3 amide bonds. The van der Waals surface area contributed by atoms with Gasteiger partial charge in [0.05, 0.1) is 5.02 Å². The topological polar surface area (TPSA) is 114 Å². The summed E-state index contributed by atoms with van der Waals surface area (Å²) in [5, 5.41) is 16.0. The highest BCUT2D eigenvalue weighted by atomic mass is 35.5. The van der Waals surface area contributed by atoms with Gasteiger partial charge in [-0.3, -0.25) is 0 Å². The van der Waals surface area contributed by atoms with Crippen LogP contribution in [0.2, 0.25) is 5.02 Å². The molecule has 8 heteroatoms. The molecule has 1 unspecified atom stereocenters. The number of hydrogen-bond donors (Lipinski definition) is 4. The molecule has 0 aromatic heterocycles. The number of primary amides is 1. The number of anilines is 1. The van der Waals surface area contributed by atoms with E-state index in [-0.39, 0.29) is 27.7 Å². The zero-order valence-electron chi connectivity index (χ0n) is 17.6. The Labute approximate surface area is 172 Å². The van der Waals surface area contributed by atoms with E-state index in [0.29, 0.717) is 5.69 Å². The van der Waals surface area contributed by atoms with Crippen molar-refractivity contribution in [2.24, 2.45) is 17.1 Å². The van der Waals surface area contributed by atoms with Gasteiger partial charge in [-0.2, -0.15) is 0 Å². The van der Waals surface area contributed by atoms with Crippen molar-refractivity contribution >= 4 is 29.4 Å². The molecule has 0 radical (unpaired) electrons. The molecule has 1 aromatic carbocycles. The van der Waals surface area contributed by atoms with Crippen LogP contribution in [-0.2, 0) is 4.74 Å². The minimum atomic E-state index is -0.964. The number of hydrogen-bond acceptors (Lipinski definition) is 4. The number of halogens is 1.